The number of thioether (sulfide) groups is 1. The van der Waals surface area contributed by atoms with Gasteiger partial charge in [0.1, 0.15) is 6.04 Å². The lowest BCUT2D eigenvalue weighted by Gasteiger charge is -2.11. The third-order valence-corrected chi connectivity index (χ3v) is 4.05. The van der Waals surface area contributed by atoms with Crippen LogP contribution in [0, 0.1) is 0 Å². The number of hydrogen-bond acceptors (Lipinski definition) is 3. The Morgan fingerprint density at radius 3 is 2.76 bits per heavy atom. The van der Waals surface area contributed by atoms with Gasteiger partial charge in [-0.05, 0) is 18.1 Å². The van der Waals surface area contributed by atoms with Gasteiger partial charge in [0.05, 0.1) is 5.37 Å². The van der Waals surface area contributed by atoms with Crippen LogP contribution in [0.15, 0.2) is 35.9 Å². The molecule has 0 radical (unpaired) electrons. The lowest BCUT2D eigenvalue weighted by Crippen LogP contribution is -2.36. The third-order valence-electron chi connectivity index (χ3n) is 2.69. The molecule has 17 heavy (non-hydrogen) atoms. The largest absolute Gasteiger partial charge is 0.480 e. The second-order valence-electron chi connectivity index (χ2n) is 4.07. The van der Waals surface area contributed by atoms with E-state index in [1.165, 1.54) is 0 Å². The molecule has 4 heteroatoms. The first kappa shape index (κ1) is 12.2. The van der Waals surface area contributed by atoms with Gasteiger partial charge in [-0.15, -0.1) is 11.8 Å². The van der Waals surface area contributed by atoms with Gasteiger partial charge in [0, 0.05) is 5.75 Å². The molecule has 1 saturated heterocycles. The quantitative estimate of drug-likeness (QED) is 0.862. The molecule has 1 heterocycles. The van der Waals surface area contributed by atoms with Gasteiger partial charge in [-0.3, -0.25) is 10.1 Å². The van der Waals surface area contributed by atoms with E-state index in [2.05, 4.69) is 11.4 Å². The molecule has 1 fully saturated rings. The first-order valence-corrected chi connectivity index (χ1v) is 6.55. The van der Waals surface area contributed by atoms with Crippen molar-refractivity contribution in [2.24, 2.45) is 0 Å². The summed E-state index contributed by atoms with van der Waals surface area (Å²) in [6.45, 7) is 2.03. The van der Waals surface area contributed by atoms with Crippen LogP contribution < -0.4 is 5.32 Å². The van der Waals surface area contributed by atoms with E-state index in [1.54, 1.807) is 11.8 Å². The summed E-state index contributed by atoms with van der Waals surface area (Å²) >= 11 is 1.65. The van der Waals surface area contributed by atoms with Gasteiger partial charge in [-0.25, -0.2) is 0 Å². The first-order chi connectivity index (χ1) is 8.16. The van der Waals surface area contributed by atoms with Gasteiger partial charge < -0.3 is 5.11 Å². The van der Waals surface area contributed by atoms with Crippen molar-refractivity contribution in [1.29, 1.82) is 0 Å². The Morgan fingerprint density at radius 1 is 1.47 bits per heavy atom. The number of carbonyl (C=O) groups is 1. The van der Waals surface area contributed by atoms with E-state index in [0.29, 0.717) is 5.75 Å². The molecular weight excluding hydrogens is 234 g/mol. The number of nitrogens with one attached hydrogen (secondary N) is 1. The minimum absolute atomic E-state index is 0.108. The second-order valence-corrected chi connectivity index (χ2v) is 5.21. The molecule has 0 aliphatic carbocycles. The molecule has 2 N–H and O–H groups in total. The highest BCUT2D eigenvalue weighted by atomic mass is 32.2. The summed E-state index contributed by atoms with van der Waals surface area (Å²) in [5.74, 6) is -0.146. The number of carboxylic acid groups (broad SMARTS) is 1. The Labute approximate surface area is 105 Å². The van der Waals surface area contributed by atoms with E-state index < -0.39 is 12.0 Å². The fraction of sp³-hybridized carbons (Fsp3) is 0.308. The van der Waals surface area contributed by atoms with Crippen molar-refractivity contribution in [2.45, 2.75) is 18.3 Å². The van der Waals surface area contributed by atoms with Crippen LogP contribution in [-0.2, 0) is 4.79 Å². The Balaban J connectivity index is 2.04. The molecule has 0 amide bonds. The maximum Gasteiger partial charge on any atom is 0.321 e. The van der Waals surface area contributed by atoms with E-state index in [-0.39, 0.29) is 5.37 Å². The predicted octanol–water partition coefficient (Wildman–Crippen LogP) is 2.21. The molecule has 0 spiro atoms. The maximum absolute atomic E-state index is 10.8. The molecule has 1 aromatic rings. The zero-order chi connectivity index (χ0) is 12.3. The number of hydrogen-bond donors (Lipinski definition) is 2. The number of carboxylic acids is 1. The van der Waals surface area contributed by atoms with Crippen LogP contribution in [0.25, 0.3) is 6.08 Å². The van der Waals surface area contributed by atoms with Crippen LogP contribution in [-0.4, -0.2) is 28.2 Å². The zero-order valence-corrected chi connectivity index (χ0v) is 10.4. The molecule has 1 aliphatic rings. The summed E-state index contributed by atoms with van der Waals surface area (Å²) in [7, 11) is 0. The zero-order valence-electron chi connectivity index (χ0n) is 9.59. The van der Waals surface area contributed by atoms with E-state index >= 15 is 0 Å². The average molecular weight is 249 g/mol. The predicted molar refractivity (Wildman–Crippen MR) is 70.9 cm³/mol. The maximum atomic E-state index is 10.8. The van der Waals surface area contributed by atoms with Crippen LogP contribution in [0.5, 0.6) is 0 Å². The fourth-order valence-corrected chi connectivity index (χ4v) is 2.98. The lowest BCUT2D eigenvalue weighted by molar-refractivity contribution is -0.138. The van der Waals surface area contributed by atoms with Crippen LogP contribution in [0.4, 0.5) is 0 Å². The lowest BCUT2D eigenvalue weighted by atomic mass is 10.1. The van der Waals surface area contributed by atoms with E-state index in [9.17, 15) is 4.79 Å². The molecule has 2 unspecified atom stereocenters. The van der Waals surface area contributed by atoms with E-state index in [4.69, 9.17) is 5.11 Å². The molecule has 0 aromatic heterocycles. The van der Waals surface area contributed by atoms with Gasteiger partial charge in [0.2, 0.25) is 0 Å². The minimum Gasteiger partial charge on any atom is -0.480 e. The molecule has 2 atom stereocenters. The summed E-state index contributed by atoms with van der Waals surface area (Å²) < 4.78 is 0. The molecule has 1 aromatic carbocycles. The van der Waals surface area contributed by atoms with Crippen molar-refractivity contribution in [2.75, 3.05) is 5.75 Å². The van der Waals surface area contributed by atoms with Crippen molar-refractivity contribution in [3.8, 4) is 0 Å². The molecule has 1 aliphatic heterocycles. The smallest absolute Gasteiger partial charge is 0.321 e. The first-order valence-electron chi connectivity index (χ1n) is 5.50. The Hall–Kier alpha value is -1.26. The summed E-state index contributed by atoms with van der Waals surface area (Å²) in [5, 5.41) is 12.1. The highest BCUT2D eigenvalue weighted by Crippen LogP contribution is 2.26. The fourth-order valence-electron chi connectivity index (χ4n) is 1.76. The van der Waals surface area contributed by atoms with Crippen molar-refractivity contribution in [1.82, 2.24) is 5.32 Å². The summed E-state index contributed by atoms with van der Waals surface area (Å²) in [6, 6.07) is 9.62. The van der Waals surface area contributed by atoms with Crippen molar-refractivity contribution in [3.63, 3.8) is 0 Å². The average Bonchev–Trinajstić information content (AvgIpc) is 2.79. The molecule has 0 saturated carbocycles. The second kappa shape index (κ2) is 5.38. The van der Waals surface area contributed by atoms with E-state index in [0.717, 1.165) is 11.1 Å². The Bertz CT molecular complexity index is 430. The Morgan fingerprint density at radius 2 is 2.18 bits per heavy atom. The Kier molecular flexibility index (Phi) is 3.86. The van der Waals surface area contributed by atoms with Crippen molar-refractivity contribution < 1.29 is 9.90 Å². The number of aliphatic carboxylic acids is 1. The van der Waals surface area contributed by atoms with Crippen molar-refractivity contribution >= 4 is 23.8 Å². The molecule has 2 rings (SSSR count). The van der Waals surface area contributed by atoms with Crippen molar-refractivity contribution in [3.05, 3.63) is 41.5 Å². The van der Waals surface area contributed by atoms with Gasteiger partial charge in [-0.2, -0.15) is 0 Å². The van der Waals surface area contributed by atoms with Gasteiger partial charge in [0.25, 0.3) is 0 Å². The molecule has 3 nitrogen and oxygen atoms in total. The summed E-state index contributed by atoms with van der Waals surface area (Å²) in [5.41, 5.74) is 2.30. The number of rotatable bonds is 3. The summed E-state index contributed by atoms with van der Waals surface area (Å²) in [4.78, 5) is 10.8. The van der Waals surface area contributed by atoms with Crippen LogP contribution in [0.1, 0.15) is 12.5 Å². The molecular formula is C13H15NO2S. The third kappa shape index (κ3) is 3.11. The van der Waals surface area contributed by atoms with Gasteiger partial charge in [-0.1, -0.05) is 36.4 Å². The van der Waals surface area contributed by atoms with Crippen LogP contribution >= 0.6 is 11.8 Å². The monoisotopic (exact) mass is 249 g/mol. The van der Waals surface area contributed by atoms with Gasteiger partial charge >= 0.3 is 5.97 Å². The van der Waals surface area contributed by atoms with Gasteiger partial charge in [0.15, 0.2) is 0 Å². The number of benzene rings is 1. The highest BCUT2D eigenvalue weighted by Gasteiger charge is 2.29. The highest BCUT2D eigenvalue weighted by molar-refractivity contribution is 8.00. The molecule has 0 bridgehead atoms. The normalized spacial score (nSPS) is 24.9. The van der Waals surface area contributed by atoms with E-state index in [1.807, 2.05) is 37.3 Å². The SMILES string of the molecule is C/C(=C\c1ccccc1)C1NC(C(=O)O)CS1. The molecule has 90 valence electrons. The topological polar surface area (TPSA) is 49.3 Å². The standard InChI is InChI=1S/C13H15NO2S/c1-9(7-10-5-3-2-4-6-10)12-14-11(8-17-12)13(15)16/h2-7,11-12,14H,8H2,1H3,(H,15,16)/b9-7+. The summed E-state index contributed by atoms with van der Waals surface area (Å²) in [6.07, 6.45) is 2.09. The van der Waals surface area contributed by atoms with Crippen LogP contribution in [0.2, 0.25) is 0 Å². The minimum atomic E-state index is -0.771. The van der Waals surface area contributed by atoms with Crippen LogP contribution in [0.3, 0.4) is 0 Å².